The zero-order valence-electron chi connectivity index (χ0n) is 9.47. The Hall–Kier alpha value is -0.770. The number of hydrogen-bond donors (Lipinski definition) is 2. The third-order valence-corrected chi connectivity index (χ3v) is 2.48. The number of hydrogen-bond acceptors (Lipinski definition) is 3. The maximum atomic E-state index is 5.82. The molecule has 15 heavy (non-hydrogen) atoms. The highest BCUT2D eigenvalue weighted by Gasteiger charge is 2.09. The van der Waals surface area contributed by atoms with Gasteiger partial charge in [0.2, 0.25) is 0 Å². The van der Waals surface area contributed by atoms with E-state index in [1.54, 1.807) is 6.20 Å². The fourth-order valence-electron chi connectivity index (χ4n) is 1.16. The molecule has 1 rings (SSSR count). The molecule has 3 N–H and O–H groups in total. The van der Waals surface area contributed by atoms with Gasteiger partial charge in [0.05, 0.1) is 5.69 Å². The molecule has 0 aliphatic heterocycles. The van der Waals surface area contributed by atoms with E-state index in [4.69, 9.17) is 5.73 Å². The van der Waals surface area contributed by atoms with E-state index in [1.165, 1.54) is 0 Å². The molecular weight excluding hydrogens is 254 g/mol. The fourth-order valence-corrected chi connectivity index (χ4v) is 1.51. The van der Waals surface area contributed by atoms with Gasteiger partial charge >= 0.3 is 0 Å². The van der Waals surface area contributed by atoms with Crippen LogP contribution < -0.4 is 11.1 Å². The number of anilines is 2. The third kappa shape index (κ3) is 4.51. The molecule has 0 atom stereocenters. The van der Waals surface area contributed by atoms with Crippen LogP contribution in [0.15, 0.2) is 16.7 Å². The molecule has 0 aliphatic rings. The molecule has 0 amide bonds. The number of pyridine rings is 1. The molecule has 1 heterocycles. The highest BCUT2D eigenvalue weighted by Crippen LogP contribution is 2.22. The Balaban J connectivity index is 2.51. The van der Waals surface area contributed by atoms with E-state index < -0.39 is 0 Å². The fraction of sp³-hybridized carbons (Fsp3) is 0.545. The first-order valence-corrected chi connectivity index (χ1v) is 5.83. The topological polar surface area (TPSA) is 50.9 Å². The SMILES string of the molecule is CC(C)(C)CCNc1ncc(Br)cc1N. The lowest BCUT2D eigenvalue weighted by atomic mass is 9.92. The summed E-state index contributed by atoms with van der Waals surface area (Å²) >= 11 is 3.33. The summed E-state index contributed by atoms with van der Waals surface area (Å²) in [7, 11) is 0. The van der Waals surface area contributed by atoms with E-state index in [9.17, 15) is 0 Å². The number of nitrogens with zero attached hydrogens (tertiary/aromatic N) is 1. The Morgan fingerprint density at radius 3 is 2.67 bits per heavy atom. The summed E-state index contributed by atoms with van der Waals surface area (Å²) in [5.41, 5.74) is 6.83. The van der Waals surface area contributed by atoms with Gasteiger partial charge in [0.25, 0.3) is 0 Å². The van der Waals surface area contributed by atoms with Crippen molar-refractivity contribution >= 4 is 27.4 Å². The minimum absolute atomic E-state index is 0.330. The molecule has 0 bridgehead atoms. The first-order valence-electron chi connectivity index (χ1n) is 5.03. The Bertz CT molecular complexity index is 331. The quantitative estimate of drug-likeness (QED) is 0.887. The van der Waals surface area contributed by atoms with Crippen LogP contribution in [0.25, 0.3) is 0 Å². The number of nitrogens with two attached hydrogens (primary N) is 1. The number of halogens is 1. The van der Waals surface area contributed by atoms with Crippen molar-refractivity contribution < 1.29 is 0 Å². The Labute approximate surface area is 99.6 Å². The van der Waals surface area contributed by atoms with Crippen molar-refractivity contribution in [3.05, 3.63) is 16.7 Å². The molecule has 1 aromatic rings. The summed E-state index contributed by atoms with van der Waals surface area (Å²) in [4.78, 5) is 4.21. The van der Waals surface area contributed by atoms with E-state index >= 15 is 0 Å². The van der Waals surface area contributed by atoms with Crippen LogP contribution >= 0.6 is 15.9 Å². The molecule has 0 fully saturated rings. The number of nitrogens with one attached hydrogen (secondary N) is 1. The Kier molecular flexibility index (Phi) is 3.97. The van der Waals surface area contributed by atoms with Crippen molar-refractivity contribution in [1.82, 2.24) is 4.98 Å². The second-order valence-corrected chi connectivity index (χ2v) is 5.74. The van der Waals surface area contributed by atoms with Crippen molar-refractivity contribution in [2.24, 2.45) is 5.41 Å². The molecule has 0 unspecified atom stereocenters. The smallest absolute Gasteiger partial charge is 0.149 e. The molecule has 84 valence electrons. The molecular formula is C11H18BrN3. The molecule has 0 spiro atoms. The Morgan fingerprint density at radius 2 is 2.13 bits per heavy atom. The summed E-state index contributed by atoms with van der Waals surface area (Å²) in [5, 5.41) is 3.24. The van der Waals surface area contributed by atoms with Crippen molar-refractivity contribution in [3.63, 3.8) is 0 Å². The molecule has 3 nitrogen and oxygen atoms in total. The second-order valence-electron chi connectivity index (χ2n) is 4.83. The molecule has 4 heteroatoms. The van der Waals surface area contributed by atoms with Gasteiger partial charge in [-0.25, -0.2) is 4.98 Å². The van der Waals surface area contributed by atoms with Gasteiger partial charge in [-0.15, -0.1) is 0 Å². The van der Waals surface area contributed by atoms with Crippen molar-refractivity contribution in [2.75, 3.05) is 17.6 Å². The average Bonchev–Trinajstić information content (AvgIpc) is 2.07. The van der Waals surface area contributed by atoms with Crippen LogP contribution in [0.4, 0.5) is 11.5 Å². The average molecular weight is 272 g/mol. The molecule has 0 aromatic carbocycles. The predicted octanol–water partition coefficient (Wildman–Crippen LogP) is 3.27. The van der Waals surface area contributed by atoms with Gasteiger partial charge in [-0.3, -0.25) is 0 Å². The van der Waals surface area contributed by atoms with E-state index in [0.717, 1.165) is 23.3 Å². The molecule has 0 radical (unpaired) electrons. The Morgan fingerprint density at radius 1 is 1.47 bits per heavy atom. The lowest BCUT2D eigenvalue weighted by Crippen LogP contribution is -2.14. The second kappa shape index (κ2) is 4.84. The summed E-state index contributed by atoms with van der Waals surface area (Å²) in [5.74, 6) is 0.766. The number of rotatable bonds is 3. The normalized spacial score (nSPS) is 11.5. The van der Waals surface area contributed by atoms with Gasteiger partial charge in [0.15, 0.2) is 0 Å². The summed E-state index contributed by atoms with van der Waals surface area (Å²) in [6, 6.07) is 1.85. The van der Waals surface area contributed by atoms with Gasteiger partial charge in [0.1, 0.15) is 5.82 Å². The highest BCUT2D eigenvalue weighted by atomic mass is 79.9. The lowest BCUT2D eigenvalue weighted by molar-refractivity contribution is 0.389. The van der Waals surface area contributed by atoms with Crippen LogP contribution in [0.3, 0.4) is 0 Å². The molecule has 1 aromatic heterocycles. The van der Waals surface area contributed by atoms with Gasteiger partial charge < -0.3 is 11.1 Å². The maximum Gasteiger partial charge on any atom is 0.149 e. The van der Waals surface area contributed by atoms with E-state index in [-0.39, 0.29) is 0 Å². The third-order valence-electron chi connectivity index (χ3n) is 2.05. The summed E-state index contributed by atoms with van der Waals surface area (Å²) < 4.78 is 0.904. The van der Waals surface area contributed by atoms with Crippen LogP contribution in [0.5, 0.6) is 0 Å². The first kappa shape index (κ1) is 12.3. The number of nitrogen functional groups attached to an aromatic ring is 1. The van der Waals surface area contributed by atoms with Gasteiger partial charge in [-0.2, -0.15) is 0 Å². The van der Waals surface area contributed by atoms with Gasteiger partial charge in [-0.05, 0) is 33.8 Å². The zero-order valence-corrected chi connectivity index (χ0v) is 11.1. The van der Waals surface area contributed by atoms with Gasteiger partial charge in [-0.1, -0.05) is 20.8 Å². The van der Waals surface area contributed by atoms with Crippen molar-refractivity contribution in [3.8, 4) is 0 Å². The van der Waals surface area contributed by atoms with Crippen LogP contribution in [0, 0.1) is 5.41 Å². The monoisotopic (exact) mass is 271 g/mol. The standard InChI is InChI=1S/C11H18BrN3/c1-11(2,3)4-5-14-10-9(13)6-8(12)7-15-10/h6-7H,4-5,13H2,1-3H3,(H,14,15). The van der Waals surface area contributed by atoms with Crippen LogP contribution in [-0.4, -0.2) is 11.5 Å². The zero-order chi connectivity index (χ0) is 11.5. The van der Waals surface area contributed by atoms with Crippen LogP contribution in [-0.2, 0) is 0 Å². The summed E-state index contributed by atoms with van der Waals surface area (Å²) in [6.45, 7) is 7.54. The van der Waals surface area contributed by atoms with E-state index in [2.05, 4.69) is 47.0 Å². The van der Waals surface area contributed by atoms with Crippen molar-refractivity contribution in [1.29, 1.82) is 0 Å². The maximum absolute atomic E-state index is 5.82. The molecule has 0 saturated heterocycles. The lowest BCUT2D eigenvalue weighted by Gasteiger charge is -2.18. The van der Waals surface area contributed by atoms with Gasteiger partial charge in [0, 0.05) is 17.2 Å². The first-order chi connectivity index (χ1) is 6.88. The minimum atomic E-state index is 0.330. The minimum Gasteiger partial charge on any atom is -0.396 e. The number of aromatic nitrogens is 1. The molecule has 0 saturated carbocycles. The van der Waals surface area contributed by atoms with E-state index in [1.807, 2.05) is 6.07 Å². The molecule has 0 aliphatic carbocycles. The van der Waals surface area contributed by atoms with Crippen molar-refractivity contribution in [2.45, 2.75) is 27.2 Å². The largest absolute Gasteiger partial charge is 0.396 e. The summed E-state index contributed by atoms with van der Waals surface area (Å²) in [6.07, 6.45) is 2.83. The van der Waals surface area contributed by atoms with Crippen LogP contribution in [0.2, 0.25) is 0 Å². The predicted molar refractivity (Wildman–Crippen MR) is 68.9 cm³/mol. The van der Waals surface area contributed by atoms with Crippen LogP contribution in [0.1, 0.15) is 27.2 Å². The highest BCUT2D eigenvalue weighted by molar-refractivity contribution is 9.10. The van der Waals surface area contributed by atoms with E-state index in [0.29, 0.717) is 11.1 Å².